The monoisotopic (exact) mass is 506 g/mol. The Hall–Kier alpha value is -0.870. The number of rotatable bonds is 5. The van der Waals surface area contributed by atoms with Crippen molar-refractivity contribution in [3.63, 3.8) is 0 Å². The number of nitrogens with zero attached hydrogens (tertiary/aromatic N) is 2. The summed E-state index contributed by atoms with van der Waals surface area (Å²) in [6, 6.07) is 10.1. The van der Waals surface area contributed by atoms with Crippen LogP contribution in [0.25, 0.3) is 0 Å². The highest BCUT2D eigenvalue weighted by molar-refractivity contribution is 14.0. The van der Waals surface area contributed by atoms with Gasteiger partial charge in [0.05, 0.1) is 6.26 Å². The van der Waals surface area contributed by atoms with Crippen LogP contribution in [-0.2, 0) is 10.0 Å². The first-order chi connectivity index (χ1) is 12.5. The number of benzene rings is 1. The minimum atomic E-state index is -3.17. The molecule has 1 aromatic rings. The van der Waals surface area contributed by atoms with Crippen LogP contribution < -0.4 is 10.0 Å². The van der Waals surface area contributed by atoms with Crippen molar-refractivity contribution in [2.45, 2.75) is 44.6 Å². The first-order valence-electron chi connectivity index (χ1n) is 9.60. The van der Waals surface area contributed by atoms with E-state index in [0.29, 0.717) is 6.54 Å². The lowest BCUT2D eigenvalue weighted by atomic mass is 10.1. The van der Waals surface area contributed by atoms with Crippen LogP contribution in [0.5, 0.6) is 0 Å². The second kappa shape index (κ2) is 10.6. The zero-order valence-electron chi connectivity index (χ0n) is 15.9. The Balaban J connectivity index is 0.00000261. The Morgan fingerprint density at radius 3 is 2.48 bits per heavy atom. The second-order valence-electron chi connectivity index (χ2n) is 7.39. The van der Waals surface area contributed by atoms with Crippen LogP contribution in [0.4, 0.5) is 5.69 Å². The van der Waals surface area contributed by atoms with Gasteiger partial charge in [0.25, 0.3) is 0 Å². The number of guanidine groups is 1. The van der Waals surface area contributed by atoms with Gasteiger partial charge < -0.3 is 10.2 Å². The highest BCUT2D eigenvalue weighted by atomic mass is 127. The van der Waals surface area contributed by atoms with Crippen molar-refractivity contribution in [1.29, 1.82) is 0 Å². The maximum Gasteiger partial charge on any atom is 0.208 e. The fraction of sp³-hybridized carbons (Fsp3) is 0.632. The van der Waals surface area contributed by atoms with Gasteiger partial charge in [-0.2, -0.15) is 0 Å². The summed E-state index contributed by atoms with van der Waals surface area (Å²) in [5, 5.41) is 3.47. The van der Waals surface area contributed by atoms with Gasteiger partial charge in [-0.25, -0.2) is 13.1 Å². The van der Waals surface area contributed by atoms with Crippen LogP contribution in [0, 0.1) is 5.92 Å². The van der Waals surface area contributed by atoms with Gasteiger partial charge in [0.2, 0.25) is 10.0 Å². The molecule has 0 spiro atoms. The summed E-state index contributed by atoms with van der Waals surface area (Å²) in [6.45, 7) is 2.70. The molecule has 3 rings (SSSR count). The molecule has 152 valence electrons. The lowest BCUT2D eigenvalue weighted by molar-refractivity contribution is 0.339. The van der Waals surface area contributed by atoms with Gasteiger partial charge in [-0.1, -0.05) is 24.6 Å². The molecular weight excluding hydrogens is 475 g/mol. The highest BCUT2D eigenvalue weighted by Crippen LogP contribution is 2.26. The summed E-state index contributed by atoms with van der Waals surface area (Å²) in [6.07, 6.45) is 7.88. The molecule has 6 nitrogen and oxygen atoms in total. The number of para-hydroxylation sites is 1. The molecule has 2 N–H and O–H groups in total. The number of nitrogens with one attached hydrogen (secondary N) is 2. The molecule has 1 heterocycles. The van der Waals surface area contributed by atoms with Gasteiger partial charge in [0.1, 0.15) is 0 Å². The van der Waals surface area contributed by atoms with Crippen molar-refractivity contribution in [2.24, 2.45) is 10.9 Å². The highest BCUT2D eigenvalue weighted by Gasteiger charge is 2.29. The van der Waals surface area contributed by atoms with E-state index in [1.54, 1.807) is 0 Å². The number of sulfonamides is 1. The molecular formula is C19H31IN4O2S. The smallest absolute Gasteiger partial charge is 0.208 e. The van der Waals surface area contributed by atoms with E-state index in [1.807, 2.05) is 30.3 Å². The molecule has 2 aliphatic rings. The molecule has 8 heteroatoms. The fourth-order valence-electron chi connectivity index (χ4n) is 3.86. The molecule has 0 amide bonds. The third-order valence-electron chi connectivity index (χ3n) is 5.19. The summed E-state index contributed by atoms with van der Waals surface area (Å²) < 4.78 is 26.0. The molecule has 1 saturated carbocycles. The summed E-state index contributed by atoms with van der Waals surface area (Å²) in [4.78, 5) is 7.23. The van der Waals surface area contributed by atoms with E-state index in [0.717, 1.165) is 44.0 Å². The molecule has 1 aliphatic carbocycles. The van der Waals surface area contributed by atoms with E-state index >= 15 is 0 Å². The molecule has 2 unspecified atom stereocenters. The topological polar surface area (TPSA) is 73.8 Å². The molecule has 1 aromatic carbocycles. The normalized spacial score (nSPS) is 23.7. The third kappa shape index (κ3) is 7.23. The van der Waals surface area contributed by atoms with Crippen LogP contribution in [-0.4, -0.2) is 51.2 Å². The van der Waals surface area contributed by atoms with Crippen LogP contribution in [0.15, 0.2) is 35.3 Å². The quantitative estimate of drug-likeness (QED) is 0.365. The fourth-order valence-corrected chi connectivity index (χ4v) is 4.72. The predicted octanol–water partition coefficient (Wildman–Crippen LogP) is 3.28. The van der Waals surface area contributed by atoms with Gasteiger partial charge in [-0.15, -0.1) is 24.0 Å². The lowest BCUT2D eigenvalue weighted by Crippen LogP contribution is -2.41. The van der Waals surface area contributed by atoms with Crippen molar-refractivity contribution in [3.8, 4) is 0 Å². The number of aliphatic imine (C=N–C) groups is 1. The molecule has 2 atom stereocenters. The van der Waals surface area contributed by atoms with E-state index in [1.165, 1.54) is 25.5 Å². The molecule has 2 fully saturated rings. The van der Waals surface area contributed by atoms with E-state index in [2.05, 4.69) is 14.9 Å². The number of piperidine rings is 1. The Morgan fingerprint density at radius 1 is 1.11 bits per heavy atom. The van der Waals surface area contributed by atoms with Gasteiger partial charge in [-0.3, -0.25) is 4.99 Å². The average Bonchev–Trinajstić information content (AvgIpc) is 3.05. The summed E-state index contributed by atoms with van der Waals surface area (Å²) in [5.41, 5.74) is 1.04. The molecule has 0 radical (unpaired) electrons. The molecule has 1 saturated heterocycles. The van der Waals surface area contributed by atoms with E-state index in [9.17, 15) is 8.42 Å². The zero-order chi connectivity index (χ0) is 18.4. The third-order valence-corrected chi connectivity index (χ3v) is 5.92. The predicted molar refractivity (Wildman–Crippen MR) is 122 cm³/mol. The number of anilines is 1. The van der Waals surface area contributed by atoms with Crippen LogP contribution in [0.1, 0.15) is 38.5 Å². The Bertz CT molecular complexity index is 706. The molecule has 1 aliphatic heterocycles. The zero-order valence-corrected chi connectivity index (χ0v) is 19.1. The van der Waals surface area contributed by atoms with Crippen molar-refractivity contribution >= 4 is 45.6 Å². The maximum atomic E-state index is 11.6. The SMILES string of the molecule is CS(=O)(=O)NC1CCCC1CN=C(Nc1ccccc1)N1CCCCC1.I. The van der Waals surface area contributed by atoms with E-state index in [-0.39, 0.29) is 35.9 Å². The van der Waals surface area contributed by atoms with Crippen LogP contribution in [0.3, 0.4) is 0 Å². The van der Waals surface area contributed by atoms with Crippen molar-refractivity contribution < 1.29 is 8.42 Å². The Kier molecular flexibility index (Phi) is 8.81. The largest absolute Gasteiger partial charge is 0.343 e. The van der Waals surface area contributed by atoms with Crippen molar-refractivity contribution in [1.82, 2.24) is 9.62 Å². The van der Waals surface area contributed by atoms with Gasteiger partial charge in [0.15, 0.2) is 5.96 Å². The summed E-state index contributed by atoms with van der Waals surface area (Å²) in [7, 11) is -3.17. The standard InChI is InChI=1S/C19H30N4O2S.HI/c1-26(24,25)22-18-12-8-9-16(18)15-20-19(23-13-6-3-7-14-23)21-17-10-4-2-5-11-17;/h2,4-5,10-11,16,18,22H,3,6-9,12-15H2,1H3,(H,20,21);1H. The van der Waals surface area contributed by atoms with Crippen LogP contribution in [0.2, 0.25) is 0 Å². The molecule has 27 heavy (non-hydrogen) atoms. The first kappa shape index (κ1) is 22.4. The summed E-state index contributed by atoms with van der Waals surface area (Å²) in [5.74, 6) is 1.18. The number of likely N-dealkylation sites (tertiary alicyclic amines) is 1. The Labute approximate surface area is 180 Å². The average molecular weight is 506 g/mol. The lowest BCUT2D eigenvalue weighted by Gasteiger charge is -2.30. The van der Waals surface area contributed by atoms with Gasteiger partial charge >= 0.3 is 0 Å². The van der Waals surface area contributed by atoms with Crippen molar-refractivity contribution in [3.05, 3.63) is 30.3 Å². The Morgan fingerprint density at radius 2 is 1.81 bits per heavy atom. The maximum absolute atomic E-state index is 11.6. The van der Waals surface area contributed by atoms with Crippen molar-refractivity contribution in [2.75, 3.05) is 31.2 Å². The number of halogens is 1. The molecule has 0 aromatic heterocycles. The number of hydrogen-bond acceptors (Lipinski definition) is 3. The van der Waals surface area contributed by atoms with Gasteiger partial charge in [0, 0.05) is 31.4 Å². The van der Waals surface area contributed by atoms with Gasteiger partial charge in [-0.05, 0) is 50.2 Å². The minimum absolute atomic E-state index is 0. The molecule has 0 bridgehead atoms. The summed E-state index contributed by atoms with van der Waals surface area (Å²) >= 11 is 0. The van der Waals surface area contributed by atoms with E-state index in [4.69, 9.17) is 4.99 Å². The second-order valence-corrected chi connectivity index (χ2v) is 9.17. The minimum Gasteiger partial charge on any atom is -0.343 e. The number of hydrogen-bond donors (Lipinski definition) is 2. The van der Waals surface area contributed by atoms with E-state index < -0.39 is 10.0 Å². The first-order valence-corrected chi connectivity index (χ1v) is 11.5. The van der Waals surface area contributed by atoms with Crippen LogP contribution >= 0.6 is 24.0 Å².